The van der Waals surface area contributed by atoms with Gasteiger partial charge in [-0.2, -0.15) is 0 Å². The number of hydrogen-bond donors (Lipinski definition) is 2. The van der Waals surface area contributed by atoms with E-state index in [4.69, 9.17) is 4.74 Å². The first-order chi connectivity index (χ1) is 15.9. The monoisotopic (exact) mass is 483 g/mol. The van der Waals surface area contributed by atoms with Crippen molar-refractivity contribution in [3.8, 4) is 0 Å². The van der Waals surface area contributed by atoms with E-state index in [9.17, 15) is 14.4 Å². The van der Waals surface area contributed by atoms with E-state index in [1.165, 1.54) is 23.1 Å². The summed E-state index contributed by atoms with van der Waals surface area (Å²) in [6.07, 6.45) is 0.0806. The molecular weight excluding hydrogens is 458 g/mol. The van der Waals surface area contributed by atoms with Crippen LogP contribution in [0.15, 0.2) is 58.8 Å². The van der Waals surface area contributed by atoms with E-state index >= 15 is 0 Å². The summed E-state index contributed by atoms with van der Waals surface area (Å²) in [6.45, 7) is 5.77. The number of ether oxygens (including phenoxy) is 1. The second-order valence-corrected chi connectivity index (χ2v) is 9.44. The molecule has 3 aromatic rings. The Labute approximate surface area is 201 Å². The minimum absolute atomic E-state index is 0.0806. The van der Waals surface area contributed by atoms with E-state index < -0.39 is 0 Å². The molecular formula is C24H25N3O4S2. The van der Waals surface area contributed by atoms with Gasteiger partial charge in [0.15, 0.2) is 5.13 Å². The van der Waals surface area contributed by atoms with Gasteiger partial charge in [-0.15, -0.1) is 23.1 Å². The van der Waals surface area contributed by atoms with Gasteiger partial charge in [0.1, 0.15) is 0 Å². The molecule has 1 unspecified atom stereocenters. The predicted molar refractivity (Wildman–Crippen MR) is 132 cm³/mol. The second-order valence-electron chi connectivity index (χ2n) is 7.17. The Morgan fingerprint density at radius 1 is 1.09 bits per heavy atom. The van der Waals surface area contributed by atoms with Crippen LogP contribution in [0, 0.1) is 6.92 Å². The Morgan fingerprint density at radius 2 is 1.82 bits per heavy atom. The van der Waals surface area contributed by atoms with Gasteiger partial charge in [0.25, 0.3) is 5.91 Å². The van der Waals surface area contributed by atoms with E-state index in [1.54, 1.807) is 25.3 Å². The van der Waals surface area contributed by atoms with Gasteiger partial charge < -0.3 is 15.4 Å². The smallest absolute Gasteiger partial charge is 0.311 e. The van der Waals surface area contributed by atoms with Crippen molar-refractivity contribution in [3.63, 3.8) is 0 Å². The summed E-state index contributed by atoms with van der Waals surface area (Å²) in [5.41, 5.74) is 2.79. The maximum atomic E-state index is 12.5. The average molecular weight is 484 g/mol. The number of nitrogens with one attached hydrogen (secondary N) is 2. The third-order valence-corrected chi connectivity index (χ3v) is 6.52. The number of nitrogens with zero attached hydrogens (tertiary/aromatic N) is 1. The number of hydrogen-bond acceptors (Lipinski definition) is 7. The molecule has 1 heterocycles. The molecule has 0 saturated carbocycles. The van der Waals surface area contributed by atoms with Gasteiger partial charge in [-0.3, -0.25) is 14.4 Å². The van der Waals surface area contributed by atoms with Gasteiger partial charge in [0.2, 0.25) is 5.91 Å². The predicted octanol–water partition coefficient (Wildman–Crippen LogP) is 4.93. The molecule has 1 aromatic heterocycles. The first-order valence-corrected chi connectivity index (χ1v) is 12.2. The molecule has 2 amide bonds. The Balaban J connectivity index is 1.52. The fourth-order valence-corrected chi connectivity index (χ4v) is 4.49. The third-order valence-electron chi connectivity index (χ3n) is 4.60. The average Bonchev–Trinajstić information content (AvgIpc) is 3.21. The zero-order valence-electron chi connectivity index (χ0n) is 18.6. The highest BCUT2D eigenvalue weighted by molar-refractivity contribution is 8.00. The number of anilines is 2. The van der Waals surface area contributed by atoms with Crippen molar-refractivity contribution in [2.24, 2.45) is 0 Å². The molecule has 2 aromatic carbocycles. The number of thioether (sulfide) groups is 1. The molecule has 0 aliphatic rings. The number of aryl methyl sites for hydroxylation is 1. The van der Waals surface area contributed by atoms with Crippen molar-refractivity contribution in [1.29, 1.82) is 0 Å². The van der Waals surface area contributed by atoms with Crippen LogP contribution >= 0.6 is 23.1 Å². The molecule has 9 heteroatoms. The van der Waals surface area contributed by atoms with Crippen molar-refractivity contribution >= 4 is 51.7 Å². The molecule has 7 nitrogen and oxygen atoms in total. The molecule has 0 bridgehead atoms. The number of amides is 2. The number of benzene rings is 2. The minimum Gasteiger partial charge on any atom is -0.466 e. The number of esters is 1. The molecule has 0 fully saturated rings. The maximum Gasteiger partial charge on any atom is 0.311 e. The van der Waals surface area contributed by atoms with Crippen molar-refractivity contribution in [2.75, 3.05) is 17.2 Å². The van der Waals surface area contributed by atoms with Crippen LogP contribution in [-0.2, 0) is 20.7 Å². The first-order valence-electron chi connectivity index (χ1n) is 10.4. The van der Waals surface area contributed by atoms with Crippen molar-refractivity contribution in [3.05, 3.63) is 70.7 Å². The first kappa shape index (κ1) is 24.5. The summed E-state index contributed by atoms with van der Waals surface area (Å²) in [6, 6.07) is 14.8. The molecule has 0 aliphatic heterocycles. The molecule has 0 aliphatic carbocycles. The van der Waals surface area contributed by atoms with Crippen LogP contribution < -0.4 is 10.6 Å². The van der Waals surface area contributed by atoms with Crippen LogP contribution in [0.25, 0.3) is 0 Å². The minimum atomic E-state index is -0.366. The quantitative estimate of drug-likeness (QED) is 0.331. The Kier molecular flexibility index (Phi) is 8.62. The SMILES string of the molecule is CCOC(=O)Cc1csc(NC(=O)C(C)Sc2ccc(NC(=O)c3ccccc3C)cc2)n1. The van der Waals surface area contributed by atoms with Gasteiger partial charge in [-0.05, 0) is 56.7 Å². The van der Waals surface area contributed by atoms with Crippen LogP contribution in [0.5, 0.6) is 0 Å². The van der Waals surface area contributed by atoms with E-state index in [2.05, 4.69) is 15.6 Å². The molecule has 172 valence electrons. The lowest BCUT2D eigenvalue weighted by atomic mass is 10.1. The molecule has 0 radical (unpaired) electrons. The van der Waals surface area contributed by atoms with Crippen LogP contribution in [-0.4, -0.2) is 34.6 Å². The number of carbonyl (C=O) groups excluding carboxylic acids is 3. The van der Waals surface area contributed by atoms with Crippen LogP contribution in [0.4, 0.5) is 10.8 Å². The van der Waals surface area contributed by atoms with Gasteiger partial charge in [-0.1, -0.05) is 18.2 Å². The standard InChI is InChI=1S/C24H25N3O4S2/c1-4-31-21(28)13-18-14-32-24(26-18)27-22(29)16(3)33-19-11-9-17(10-12-19)25-23(30)20-8-6-5-7-15(20)2/h5-12,14,16H,4,13H2,1-3H3,(H,25,30)(H,26,27,29). The summed E-state index contributed by atoms with van der Waals surface area (Å²) in [4.78, 5) is 41.7. The molecule has 33 heavy (non-hydrogen) atoms. The normalized spacial score (nSPS) is 11.5. The molecule has 1 atom stereocenters. The van der Waals surface area contributed by atoms with E-state index in [0.717, 1.165) is 10.5 Å². The topological polar surface area (TPSA) is 97.4 Å². The van der Waals surface area contributed by atoms with Gasteiger partial charge in [0, 0.05) is 21.5 Å². The summed E-state index contributed by atoms with van der Waals surface area (Å²) in [5, 5.41) is 7.49. The van der Waals surface area contributed by atoms with Gasteiger partial charge in [0.05, 0.1) is 24.0 Å². The third kappa shape index (κ3) is 7.16. The van der Waals surface area contributed by atoms with E-state index in [1.807, 2.05) is 49.4 Å². The van der Waals surface area contributed by atoms with Gasteiger partial charge in [-0.25, -0.2) is 4.98 Å². The van der Waals surface area contributed by atoms with Crippen LogP contribution in [0.2, 0.25) is 0 Å². The number of carbonyl (C=O) groups is 3. The Hall–Kier alpha value is -3.17. The molecule has 0 saturated heterocycles. The fraction of sp³-hybridized carbons (Fsp3) is 0.250. The zero-order valence-corrected chi connectivity index (χ0v) is 20.2. The summed E-state index contributed by atoms with van der Waals surface area (Å²) >= 11 is 2.67. The highest BCUT2D eigenvalue weighted by atomic mass is 32.2. The lowest BCUT2D eigenvalue weighted by Crippen LogP contribution is -2.22. The van der Waals surface area contributed by atoms with E-state index in [-0.39, 0.29) is 29.5 Å². The van der Waals surface area contributed by atoms with Crippen molar-refractivity contribution in [1.82, 2.24) is 4.98 Å². The largest absolute Gasteiger partial charge is 0.466 e. The Bertz CT molecular complexity index is 1130. The lowest BCUT2D eigenvalue weighted by molar-refractivity contribution is -0.142. The summed E-state index contributed by atoms with van der Waals surface area (Å²) < 4.78 is 4.91. The van der Waals surface area contributed by atoms with Crippen molar-refractivity contribution in [2.45, 2.75) is 37.3 Å². The Morgan fingerprint density at radius 3 is 2.52 bits per heavy atom. The van der Waals surface area contributed by atoms with Crippen LogP contribution in [0.3, 0.4) is 0 Å². The maximum absolute atomic E-state index is 12.5. The van der Waals surface area contributed by atoms with Crippen molar-refractivity contribution < 1.29 is 19.1 Å². The molecule has 0 spiro atoms. The highest BCUT2D eigenvalue weighted by Crippen LogP contribution is 2.26. The van der Waals surface area contributed by atoms with E-state index in [0.29, 0.717) is 28.7 Å². The number of rotatable bonds is 9. The lowest BCUT2D eigenvalue weighted by Gasteiger charge is -2.11. The number of aromatic nitrogens is 1. The summed E-state index contributed by atoms with van der Waals surface area (Å²) in [5.74, 6) is -0.691. The second kappa shape index (κ2) is 11.6. The molecule has 3 rings (SSSR count). The van der Waals surface area contributed by atoms with Crippen LogP contribution in [0.1, 0.15) is 35.5 Å². The molecule has 2 N–H and O–H groups in total. The fourth-order valence-electron chi connectivity index (χ4n) is 2.91. The number of thiazole rings is 1. The zero-order chi connectivity index (χ0) is 23.8. The highest BCUT2D eigenvalue weighted by Gasteiger charge is 2.17. The summed E-state index contributed by atoms with van der Waals surface area (Å²) in [7, 11) is 0. The van der Waals surface area contributed by atoms with Gasteiger partial charge >= 0.3 is 5.97 Å².